The molecule has 3 heterocycles. The first-order chi connectivity index (χ1) is 13.5. The van der Waals surface area contributed by atoms with Gasteiger partial charge in [-0.2, -0.15) is 0 Å². The van der Waals surface area contributed by atoms with E-state index in [-0.39, 0.29) is 24.0 Å². The van der Waals surface area contributed by atoms with E-state index in [0.717, 1.165) is 54.2 Å². The van der Waals surface area contributed by atoms with Crippen molar-refractivity contribution < 1.29 is 0 Å². The van der Waals surface area contributed by atoms with Crippen LogP contribution in [0.15, 0.2) is 22.5 Å². The molecular weight excluding hydrogens is 517 g/mol. The lowest BCUT2D eigenvalue weighted by Crippen LogP contribution is -2.39. The van der Waals surface area contributed by atoms with E-state index in [1.807, 2.05) is 18.5 Å². The molecule has 0 aliphatic rings. The van der Waals surface area contributed by atoms with E-state index in [2.05, 4.69) is 57.2 Å². The van der Waals surface area contributed by atoms with Crippen molar-refractivity contribution in [2.24, 2.45) is 12.0 Å². The molecule has 0 saturated heterocycles. The molecule has 0 atom stereocenters. The highest BCUT2D eigenvalue weighted by molar-refractivity contribution is 14.0. The van der Waals surface area contributed by atoms with Gasteiger partial charge >= 0.3 is 0 Å². The minimum atomic E-state index is 0. The normalized spacial score (nSPS) is 11.4. The van der Waals surface area contributed by atoms with Crippen LogP contribution in [0.4, 0.5) is 0 Å². The molecule has 0 aromatic carbocycles. The summed E-state index contributed by atoms with van der Waals surface area (Å²) in [7, 11) is 1.96. The van der Waals surface area contributed by atoms with Gasteiger partial charge in [-0.3, -0.25) is 0 Å². The largest absolute Gasteiger partial charge is 0.356 e. The topological polar surface area (TPSA) is 80.0 Å². The van der Waals surface area contributed by atoms with Crippen LogP contribution in [0.5, 0.6) is 0 Å². The first-order valence-corrected chi connectivity index (χ1v) is 11.0. The predicted octanol–water partition coefficient (Wildman–Crippen LogP) is 3.40. The monoisotopic (exact) mass is 545 g/mol. The summed E-state index contributed by atoms with van der Waals surface area (Å²) in [4.78, 5) is 12.0. The van der Waals surface area contributed by atoms with Crippen molar-refractivity contribution in [3.05, 3.63) is 49.6 Å². The van der Waals surface area contributed by atoms with Gasteiger partial charge in [0.2, 0.25) is 0 Å². The smallest absolute Gasteiger partial charge is 0.191 e. The summed E-state index contributed by atoms with van der Waals surface area (Å²) in [6, 6.07) is 4.24. The van der Waals surface area contributed by atoms with Gasteiger partial charge in [-0.25, -0.2) is 9.98 Å². The third kappa shape index (κ3) is 7.03. The number of thiazole rings is 1. The third-order valence-corrected chi connectivity index (χ3v) is 6.58. The van der Waals surface area contributed by atoms with E-state index in [1.165, 1.54) is 9.75 Å². The third-order valence-electron chi connectivity index (χ3n) is 4.51. The molecule has 0 unspecified atom stereocenters. The lowest BCUT2D eigenvalue weighted by atomic mass is 10.3. The first-order valence-electron chi connectivity index (χ1n) is 9.35. The lowest BCUT2D eigenvalue weighted by Gasteiger charge is -2.12. The zero-order chi connectivity index (χ0) is 19.9. The maximum Gasteiger partial charge on any atom is 0.191 e. The fourth-order valence-corrected chi connectivity index (χ4v) is 4.25. The zero-order valence-electron chi connectivity index (χ0n) is 17.2. The molecule has 0 radical (unpaired) electrons. The molecule has 0 fully saturated rings. The molecule has 3 rings (SSSR count). The van der Waals surface area contributed by atoms with E-state index >= 15 is 0 Å². The van der Waals surface area contributed by atoms with Gasteiger partial charge in [-0.05, 0) is 38.6 Å². The van der Waals surface area contributed by atoms with E-state index in [1.54, 1.807) is 22.7 Å². The molecule has 0 saturated carbocycles. The van der Waals surface area contributed by atoms with Crippen molar-refractivity contribution in [3.63, 3.8) is 0 Å². The molecule has 0 aliphatic carbocycles. The Kier molecular flexibility index (Phi) is 9.50. The Hall–Kier alpha value is -1.53. The molecule has 0 bridgehead atoms. The first kappa shape index (κ1) is 23.7. The zero-order valence-corrected chi connectivity index (χ0v) is 21.2. The second-order valence-electron chi connectivity index (χ2n) is 6.57. The molecule has 158 valence electrons. The van der Waals surface area contributed by atoms with Crippen molar-refractivity contribution in [1.29, 1.82) is 0 Å². The highest BCUT2D eigenvalue weighted by Crippen LogP contribution is 2.16. The summed E-state index contributed by atoms with van der Waals surface area (Å²) in [5, 5.41) is 18.4. The molecule has 29 heavy (non-hydrogen) atoms. The summed E-state index contributed by atoms with van der Waals surface area (Å²) < 4.78 is 1.97. The van der Waals surface area contributed by atoms with Crippen LogP contribution in [0, 0.1) is 20.8 Å². The maximum absolute atomic E-state index is 4.70. The number of halogens is 1. The molecule has 3 aromatic rings. The summed E-state index contributed by atoms with van der Waals surface area (Å²) >= 11 is 3.55. The number of aliphatic imine (C=N–C) groups is 1. The molecule has 0 aliphatic heterocycles. The van der Waals surface area contributed by atoms with E-state index in [0.29, 0.717) is 6.54 Å². The van der Waals surface area contributed by atoms with E-state index in [9.17, 15) is 0 Å². The number of aromatic nitrogens is 4. The maximum atomic E-state index is 4.70. The quantitative estimate of drug-likeness (QED) is 0.258. The van der Waals surface area contributed by atoms with Crippen LogP contribution < -0.4 is 10.6 Å². The predicted molar refractivity (Wildman–Crippen MR) is 132 cm³/mol. The number of aryl methyl sites for hydroxylation is 3. The van der Waals surface area contributed by atoms with Gasteiger partial charge < -0.3 is 15.2 Å². The van der Waals surface area contributed by atoms with Crippen molar-refractivity contribution in [3.8, 4) is 0 Å². The molecule has 10 heteroatoms. The molecular formula is C19H28IN7S2. The Morgan fingerprint density at radius 3 is 2.48 bits per heavy atom. The van der Waals surface area contributed by atoms with Gasteiger partial charge in [0.25, 0.3) is 0 Å². The Balaban J connectivity index is 0.00000300. The van der Waals surface area contributed by atoms with Crippen molar-refractivity contribution in [1.82, 2.24) is 30.4 Å². The van der Waals surface area contributed by atoms with Gasteiger partial charge in [0.05, 0.1) is 10.7 Å². The number of nitrogens with one attached hydrogen (secondary N) is 2. The average molecular weight is 546 g/mol. The summed E-state index contributed by atoms with van der Waals surface area (Å²) in [6.07, 6.45) is 1.86. The van der Waals surface area contributed by atoms with Gasteiger partial charge in [0, 0.05) is 36.3 Å². The van der Waals surface area contributed by atoms with Gasteiger partial charge in [0.1, 0.15) is 12.4 Å². The van der Waals surface area contributed by atoms with Gasteiger partial charge in [-0.15, -0.1) is 56.8 Å². The van der Waals surface area contributed by atoms with E-state index in [4.69, 9.17) is 4.99 Å². The number of hydrogen-bond donors (Lipinski definition) is 2. The van der Waals surface area contributed by atoms with Crippen LogP contribution >= 0.6 is 46.7 Å². The van der Waals surface area contributed by atoms with Crippen molar-refractivity contribution in [2.45, 2.75) is 40.2 Å². The highest BCUT2D eigenvalue weighted by atomic mass is 127. The fraction of sp³-hybridized carbons (Fsp3) is 0.474. The summed E-state index contributed by atoms with van der Waals surface area (Å²) in [5.41, 5.74) is 1.13. The van der Waals surface area contributed by atoms with Crippen LogP contribution in [0.2, 0.25) is 0 Å². The van der Waals surface area contributed by atoms with Crippen molar-refractivity contribution >= 4 is 52.6 Å². The average Bonchev–Trinajstić information content (AvgIpc) is 3.37. The fourth-order valence-electron chi connectivity index (χ4n) is 2.61. The Bertz CT molecular complexity index is 896. The number of rotatable bonds is 8. The number of hydrogen-bond acceptors (Lipinski definition) is 6. The SMILES string of the molecule is Cc1nc(CCNC(=NCc2nnc(C)n2C)NCCc2cccs2)sc1C.I. The number of thiophene rings is 1. The van der Waals surface area contributed by atoms with Gasteiger partial charge in [0.15, 0.2) is 11.8 Å². The van der Waals surface area contributed by atoms with E-state index < -0.39 is 0 Å². The second kappa shape index (κ2) is 11.6. The Labute approximate surface area is 197 Å². The number of guanidine groups is 1. The van der Waals surface area contributed by atoms with Crippen LogP contribution in [-0.4, -0.2) is 38.8 Å². The summed E-state index contributed by atoms with van der Waals surface area (Å²) in [5.74, 6) is 2.53. The van der Waals surface area contributed by atoms with Gasteiger partial charge in [-0.1, -0.05) is 6.07 Å². The van der Waals surface area contributed by atoms with Crippen molar-refractivity contribution in [2.75, 3.05) is 13.1 Å². The van der Waals surface area contributed by atoms with Crippen LogP contribution in [0.3, 0.4) is 0 Å². The minimum absolute atomic E-state index is 0. The van der Waals surface area contributed by atoms with Crippen LogP contribution in [0.25, 0.3) is 0 Å². The van der Waals surface area contributed by atoms with Crippen LogP contribution in [0.1, 0.15) is 32.1 Å². The molecule has 0 spiro atoms. The lowest BCUT2D eigenvalue weighted by molar-refractivity contribution is 0.745. The molecule has 3 aromatic heterocycles. The standard InChI is InChI=1S/C19H27N7S2.HI/c1-13-14(2)28-18(23-13)8-10-21-19(20-9-7-16-6-5-11-27-16)22-12-17-25-24-15(3)26(17)4;/h5-6,11H,7-10,12H2,1-4H3,(H2,20,21,22);1H. The Morgan fingerprint density at radius 2 is 1.90 bits per heavy atom. The Morgan fingerprint density at radius 1 is 1.14 bits per heavy atom. The molecule has 0 amide bonds. The highest BCUT2D eigenvalue weighted by Gasteiger charge is 2.07. The summed E-state index contributed by atoms with van der Waals surface area (Å²) in [6.45, 7) is 8.23. The second-order valence-corrected chi connectivity index (χ2v) is 8.89. The van der Waals surface area contributed by atoms with Crippen LogP contribution in [-0.2, 0) is 26.4 Å². The number of nitrogens with zero attached hydrogens (tertiary/aromatic N) is 5. The minimum Gasteiger partial charge on any atom is -0.356 e. The molecule has 2 N–H and O–H groups in total. The molecule has 7 nitrogen and oxygen atoms in total.